The lowest BCUT2D eigenvalue weighted by molar-refractivity contribution is -0.196. The highest BCUT2D eigenvalue weighted by atomic mass is 16.6. The summed E-state index contributed by atoms with van der Waals surface area (Å²) in [5.74, 6) is -0.804. The van der Waals surface area contributed by atoms with Crippen molar-refractivity contribution in [1.82, 2.24) is 5.32 Å². The maximum Gasteiger partial charge on any atom is 0.337 e. The van der Waals surface area contributed by atoms with Gasteiger partial charge in [-0.2, -0.15) is 0 Å². The predicted octanol–water partition coefficient (Wildman–Crippen LogP) is -0.907. The molecule has 7 nitrogen and oxygen atoms in total. The van der Waals surface area contributed by atoms with E-state index >= 15 is 0 Å². The summed E-state index contributed by atoms with van der Waals surface area (Å²) in [4.78, 5) is 23.0. The summed E-state index contributed by atoms with van der Waals surface area (Å²) >= 11 is 0. The number of hydrogen-bond donors (Lipinski definition) is 1. The lowest BCUT2D eigenvalue weighted by Crippen LogP contribution is -2.64. The number of nitrogens with one attached hydrogen (secondary N) is 1. The van der Waals surface area contributed by atoms with E-state index in [2.05, 4.69) is 5.32 Å². The molecule has 104 valence electrons. The van der Waals surface area contributed by atoms with Crippen LogP contribution in [0.3, 0.4) is 0 Å². The van der Waals surface area contributed by atoms with Crippen LogP contribution in [0.25, 0.3) is 0 Å². The summed E-state index contributed by atoms with van der Waals surface area (Å²) in [5, 5.41) is 2.66. The van der Waals surface area contributed by atoms with Crippen LogP contribution >= 0.6 is 0 Å². The van der Waals surface area contributed by atoms with Gasteiger partial charge in [-0.25, -0.2) is 4.79 Å². The van der Waals surface area contributed by atoms with Crippen LogP contribution in [0.15, 0.2) is 0 Å². The molecular weight excluding hydrogens is 242 g/mol. The number of hydrogen-bond acceptors (Lipinski definition) is 6. The third-order valence-corrected chi connectivity index (χ3v) is 2.77. The zero-order valence-electron chi connectivity index (χ0n) is 11.0. The number of ether oxygens (including phenoxy) is 4. The van der Waals surface area contributed by atoms with E-state index < -0.39 is 30.3 Å². The molecule has 1 fully saturated rings. The molecule has 1 aliphatic heterocycles. The molecule has 1 saturated heterocycles. The molecule has 0 aromatic rings. The second-order valence-electron chi connectivity index (χ2n) is 4.01. The highest BCUT2D eigenvalue weighted by Crippen LogP contribution is 2.21. The van der Waals surface area contributed by atoms with Gasteiger partial charge in [-0.15, -0.1) is 0 Å². The van der Waals surface area contributed by atoms with Crippen LogP contribution in [0.2, 0.25) is 0 Å². The molecule has 1 aliphatic rings. The Bertz CT molecular complexity index is 308. The van der Waals surface area contributed by atoms with Crippen molar-refractivity contribution in [3.63, 3.8) is 0 Å². The Morgan fingerprint density at radius 1 is 1.33 bits per heavy atom. The van der Waals surface area contributed by atoms with E-state index in [0.717, 1.165) is 0 Å². The van der Waals surface area contributed by atoms with Crippen LogP contribution in [0.1, 0.15) is 6.92 Å². The van der Waals surface area contributed by atoms with E-state index in [-0.39, 0.29) is 12.5 Å². The average molecular weight is 261 g/mol. The third-order valence-electron chi connectivity index (χ3n) is 2.77. The van der Waals surface area contributed by atoms with Crippen molar-refractivity contribution < 1.29 is 28.5 Å². The topological polar surface area (TPSA) is 83.1 Å². The minimum absolute atomic E-state index is 0.191. The van der Waals surface area contributed by atoms with E-state index in [0.29, 0.717) is 0 Å². The van der Waals surface area contributed by atoms with Gasteiger partial charge in [0.1, 0.15) is 6.10 Å². The maximum absolute atomic E-state index is 11.8. The van der Waals surface area contributed by atoms with E-state index in [9.17, 15) is 9.59 Å². The number of rotatable bonds is 5. The Morgan fingerprint density at radius 2 is 2.00 bits per heavy atom. The van der Waals surface area contributed by atoms with Crippen molar-refractivity contribution in [2.24, 2.45) is 0 Å². The molecule has 4 atom stereocenters. The van der Waals surface area contributed by atoms with Crippen molar-refractivity contribution in [2.75, 3.05) is 27.9 Å². The van der Waals surface area contributed by atoms with Gasteiger partial charge in [0.15, 0.2) is 12.2 Å². The maximum atomic E-state index is 11.8. The molecule has 1 N–H and O–H groups in total. The number of amides is 1. The van der Waals surface area contributed by atoms with Crippen molar-refractivity contribution in [2.45, 2.75) is 31.3 Å². The van der Waals surface area contributed by atoms with Crippen LogP contribution in [0.4, 0.5) is 0 Å². The number of esters is 1. The predicted molar refractivity (Wildman–Crippen MR) is 61.0 cm³/mol. The fraction of sp³-hybridized carbons (Fsp3) is 0.818. The number of carbonyl (C=O) groups excluding carboxylic acids is 2. The quantitative estimate of drug-likeness (QED) is 0.645. The first kappa shape index (κ1) is 14.9. The van der Waals surface area contributed by atoms with Crippen molar-refractivity contribution in [3.8, 4) is 0 Å². The molecular formula is C11H19NO6. The molecule has 0 aromatic carbocycles. The van der Waals surface area contributed by atoms with Crippen LogP contribution in [0, 0.1) is 0 Å². The Labute approximate surface area is 106 Å². The zero-order chi connectivity index (χ0) is 13.7. The Kier molecular flexibility index (Phi) is 5.52. The fourth-order valence-electron chi connectivity index (χ4n) is 2.06. The summed E-state index contributed by atoms with van der Waals surface area (Å²) in [6.45, 7) is 1.56. The molecule has 0 bridgehead atoms. The largest absolute Gasteiger partial charge is 0.455 e. The first-order valence-corrected chi connectivity index (χ1v) is 5.57. The van der Waals surface area contributed by atoms with Crippen LogP contribution in [-0.4, -0.2) is 64.2 Å². The van der Waals surface area contributed by atoms with Crippen LogP contribution < -0.4 is 5.32 Å². The summed E-state index contributed by atoms with van der Waals surface area (Å²) in [7, 11) is 4.36. The molecule has 0 aliphatic carbocycles. The molecule has 1 heterocycles. The van der Waals surface area contributed by atoms with Crippen molar-refractivity contribution in [3.05, 3.63) is 0 Å². The monoisotopic (exact) mass is 261 g/mol. The third kappa shape index (κ3) is 3.18. The molecule has 0 spiro atoms. The van der Waals surface area contributed by atoms with Crippen molar-refractivity contribution >= 4 is 11.9 Å². The van der Waals surface area contributed by atoms with Gasteiger partial charge in [0, 0.05) is 28.3 Å². The molecule has 0 saturated carbocycles. The van der Waals surface area contributed by atoms with Crippen LogP contribution in [0.5, 0.6) is 0 Å². The van der Waals surface area contributed by atoms with Gasteiger partial charge in [0.05, 0.1) is 12.6 Å². The molecule has 1 amide bonds. The standard InChI is InChI=1S/C11H19NO6/c1-6(13)12-8-9(16-3)7(5-15-2)18-11(14)10(8)17-4/h7-10H,5H2,1-4H3,(H,12,13)/t7-,8-,9-,10+/m1/s1. The van der Waals surface area contributed by atoms with Crippen LogP contribution in [-0.2, 0) is 28.5 Å². The van der Waals surface area contributed by atoms with Gasteiger partial charge in [0.2, 0.25) is 5.91 Å². The van der Waals surface area contributed by atoms with Gasteiger partial charge >= 0.3 is 5.97 Å². The molecule has 0 radical (unpaired) electrons. The van der Waals surface area contributed by atoms with Gasteiger partial charge in [-0.3, -0.25) is 4.79 Å². The molecule has 0 unspecified atom stereocenters. The second kappa shape index (κ2) is 6.67. The van der Waals surface area contributed by atoms with Gasteiger partial charge < -0.3 is 24.3 Å². The summed E-state index contributed by atoms with van der Waals surface area (Å²) < 4.78 is 20.5. The number of cyclic esters (lactones) is 1. The highest BCUT2D eigenvalue weighted by Gasteiger charge is 2.47. The normalized spacial score (nSPS) is 31.9. The summed E-state index contributed by atoms with van der Waals surface area (Å²) in [6.07, 6.45) is -1.97. The van der Waals surface area contributed by atoms with E-state index in [4.69, 9.17) is 18.9 Å². The van der Waals surface area contributed by atoms with E-state index in [1.54, 1.807) is 0 Å². The number of methoxy groups -OCH3 is 3. The SMILES string of the molecule is COC[C@H]1OC(=O)[C@@H](OC)[C@H](NC(C)=O)[C@@H]1OC. The van der Waals surface area contributed by atoms with E-state index in [1.165, 1.54) is 28.3 Å². The highest BCUT2D eigenvalue weighted by molar-refractivity contribution is 5.80. The van der Waals surface area contributed by atoms with Gasteiger partial charge in [-0.1, -0.05) is 0 Å². The number of carbonyl (C=O) groups is 2. The minimum atomic E-state index is -0.882. The fourth-order valence-corrected chi connectivity index (χ4v) is 2.06. The van der Waals surface area contributed by atoms with E-state index in [1.807, 2.05) is 0 Å². The summed E-state index contributed by atoms with van der Waals surface area (Å²) in [5.41, 5.74) is 0. The molecule has 7 heteroatoms. The first-order chi connectivity index (χ1) is 8.54. The average Bonchev–Trinajstić information content (AvgIpc) is 2.29. The van der Waals surface area contributed by atoms with Gasteiger partial charge in [-0.05, 0) is 0 Å². The van der Waals surface area contributed by atoms with Gasteiger partial charge in [0.25, 0.3) is 0 Å². The molecule has 18 heavy (non-hydrogen) atoms. The second-order valence-corrected chi connectivity index (χ2v) is 4.01. The molecule has 1 rings (SSSR count). The minimum Gasteiger partial charge on any atom is -0.455 e. The van der Waals surface area contributed by atoms with Crippen molar-refractivity contribution in [1.29, 1.82) is 0 Å². The lowest BCUT2D eigenvalue weighted by atomic mass is 9.96. The lowest BCUT2D eigenvalue weighted by Gasteiger charge is -2.40. The first-order valence-electron chi connectivity index (χ1n) is 5.57. The Morgan fingerprint density at radius 3 is 2.44 bits per heavy atom. The zero-order valence-corrected chi connectivity index (χ0v) is 11.0. The smallest absolute Gasteiger partial charge is 0.337 e. The Hall–Kier alpha value is -1.18. The molecule has 0 aromatic heterocycles. The Balaban J connectivity index is 2.92. The summed E-state index contributed by atoms with van der Waals surface area (Å²) in [6, 6.07) is -0.598.